The van der Waals surface area contributed by atoms with E-state index >= 15 is 0 Å². The molecular formula is C25H21N3O5S2. The van der Waals surface area contributed by atoms with E-state index in [1.165, 1.54) is 11.3 Å². The highest BCUT2D eigenvalue weighted by Crippen LogP contribution is 2.35. The van der Waals surface area contributed by atoms with E-state index in [2.05, 4.69) is 15.0 Å². The molecule has 1 aliphatic rings. The van der Waals surface area contributed by atoms with Crippen molar-refractivity contribution in [2.45, 2.75) is 11.8 Å². The van der Waals surface area contributed by atoms with Crippen LogP contribution in [0.1, 0.15) is 15.9 Å². The number of thiazole rings is 1. The molecule has 0 unspecified atom stereocenters. The van der Waals surface area contributed by atoms with Crippen molar-refractivity contribution in [2.24, 2.45) is 0 Å². The number of aromatic nitrogens is 1. The van der Waals surface area contributed by atoms with Gasteiger partial charge in [0.25, 0.3) is 15.9 Å². The fourth-order valence-corrected chi connectivity index (χ4v) is 5.23. The molecule has 0 saturated heterocycles. The van der Waals surface area contributed by atoms with Gasteiger partial charge < -0.3 is 9.47 Å². The molecule has 0 saturated carbocycles. The van der Waals surface area contributed by atoms with Gasteiger partial charge in [0.15, 0.2) is 16.6 Å². The van der Waals surface area contributed by atoms with Gasteiger partial charge in [-0.05, 0) is 61.5 Å². The van der Waals surface area contributed by atoms with Crippen molar-refractivity contribution in [3.8, 4) is 22.8 Å². The molecule has 2 heterocycles. The van der Waals surface area contributed by atoms with Crippen molar-refractivity contribution >= 4 is 38.1 Å². The van der Waals surface area contributed by atoms with Gasteiger partial charge in [0.05, 0.1) is 10.6 Å². The lowest BCUT2D eigenvalue weighted by atomic mass is 10.1. The Labute approximate surface area is 206 Å². The average molecular weight is 508 g/mol. The van der Waals surface area contributed by atoms with E-state index in [1.807, 2.05) is 30.5 Å². The van der Waals surface area contributed by atoms with Gasteiger partial charge in [-0.2, -0.15) is 0 Å². The molecule has 0 bridgehead atoms. The molecule has 1 amide bonds. The number of hydrogen-bond acceptors (Lipinski definition) is 7. The Morgan fingerprint density at radius 1 is 0.943 bits per heavy atom. The number of rotatable bonds is 6. The maximum atomic E-state index is 12.7. The highest BCUT2D eigenvalue weighted by molar-refractivity contribution is 7.92. The minimum atomic E-state index is -3.72. The van der Waals surface area contributed by atoms with E-state index < -0.39 is 10.0 Å². The third-order valence-corrected chi connectivity index (χ3v) is 7.45. The zero-order valence-electron chi connectivity index (χ0n) is 18.6. The molecule has 2 N–H and O–H groups in total. The van der Waals surface area contributed by atoms with E-state index in [1.54, 1.807) is 48.5 Å². The van der Waals surface area contributed by atoms with Crippen LogP contribution in [0, 0.1) is 6.92 Å². The summed E-state index contributed by atoms with van der Waals surface area (Å²) in [6, 6.07) is 18.4. The van der Waals surface area contributed by atoms with E-state index in [4.69, 9.17) is 9.47 Å². The van der Waals surface area contributed by atoms with Crippen LogP contribution in [0.4, 0.5) is 10.8 Å². The lowest BCUT2D eigenvalue weighted by Crippen LogP contribution is -2.15. The topological polar surface area (TPSA) is 107 Å². The number of sulfonamides is 1. The zero-order chi connectivity index (χ0) is 24.4. The van der Waals surface area contributed by atoms with Gasteiger partial charge in [0.1, 0.15) is 13.2 Å². The molecule has 1 aliphatic heterocycles. The number of amides is 1. The molecule has 35 heavy (non-hydrogen) atoms. The quantitative estimate of drug-likeness (QED) is 0.383. The van der Waals surface area contributed by atoms with E-state index in [9.17, 15) is 13.2 Å². The monoisotopic (exact) mass is 507 g/mol. The minimum absolute atomic E-state index is 0.169. The first kappa shape index (κ1) is 22.9. The molecule has 0 aliphatic carbocycles. The number of benzene rings is 3. The number of anilines is 2. The SMILES string of the molecule is Cc1ccc(S(=O)(=O)Nc2ccc(C(=O)Nc3nc(-c4ccc5c(c4)OCCO5)cs3)cc2)cc1. The molecule has 178 valence electrons. The average Bonchev–Trinajstić information content (AvgIpc) is 3.32. The Morgan fingerprint density at radius 2 is 1.66 bits per heavy atom. The standard InChI is InChI=1S/C25H21N3O5S2/c1-16-2-9-20(10-3-16)35(30,31)28-19-7-4-17(5-8-19)24(29)27-25-26-21(15-34-25)18-6-11-22-23(14-18)33-13-12-32-22/h2-11,14-15,28H,12-13H2,1H3,(H,26,27,29). The molecular weight excluding hydrogens is 486 g/mol. The first-order chi connectivity index (χ1) is 16.9. The third-order valence-electron chi connectivity index (χ3n) is 5.29. The van der Waals surface area contributed by atoms with Crippen LogP contribution in [0.2, 0.25) is 0 Å². The maximum Gasteiger partial charge on any atom is 0.261 e. The third kappa shape index (κ3) is 5.13. The van der Waals surface area contributed by atoms with Crippen LogP contribution in [0.5, 0.6) is 11.5 Å². The van der Waals surface area contributed by atoms with Crippen molar-refractivity contribution in [3.63, 3.8) is 0 Å². The van der Waals surface area contributed by atoms with Crippen LogP contribution >= 0.6 is 11.3 Å². The molecule has 8 nitrogen and oxygen atoms in total. The molecule has 10 heteroatoms. The molecule has 0 fully saturated rings. The summed E-state index contributed by atoms with van der Waals surface area (Å²) >= 11 is 1.31. The molecule has 5 rings (SSSR count). The number of carbonyl (C=O) groups is 1. The van der Waals surface area contributed by atoms with E-state index in [-0.39, 0.29) is 10.8 Å². The van der Waals surface area contributed by atoms with Crippen molar-refractivity contribution < 1.29 is 22.7 Å². The van der Waals surface area contributed by atoms with Crippen molar-refractivity contribution in [1.82, 2.24) is 4.98 Å². The predicted molar refractivity (Wildman–Crippen MR) is 135 cm³/mol. The number of nitrogens with one attached hydrogen (secondary N) is 2. The Morgan fingerprint density at radius 3 is 2.40 bits per heavy atom. The van der Waals surface area contributed by atoms with Gasteiger partial charge >= 0.3 is 0 Å². The number of carbonyl (C=O) groups excluding carboxylic acids is 1. The summed E-state index contributed by atoms with van der Waals surface area (Å²) in [6.45, 7) is 2.92. The summed E-state index contributed by atoms with van der Waals surface area (Å²) in [6.07, 6.45) is 0. The molecule has 1 aromatic heterocycles. The summed E-state index contributed by atoms with van der Waals surface area (Å²) in [5, 5.41) is 5.08. The fourth-order valence-electron chi connectivity index (χ4n) is 3.46. The molecule has 0 spiro atoms. The normalized spacial score (nSPS) is 12.7. The fraction of sp³-hybridized carbons (Fsp3) is 0.120. The summed E-state index contributed by atoms with van der Waals surface area (Å²) in [7, 11) is -3.72. The Bertz CT molecular complexity index is 1480. The second-order valence-electron chi connectivity index (χ2n) is 7.85. The lowest BCUT2D eigenvalue weighted by Gasteiger charge is -2.18. The summed E-state index contributed by atoms with van der Waals surface area (Å²) in [4.78, 5) is 17.3. The predicted octanol–water partition coefficient (Wildman–Crippen LogP) is 4.94. The molecule has 4 aromatic rings. The van der Waals surface area contributed by atoms with Crippen molar-refractivity contribution in [1.29, 1.82) is 0 Å². The molecule has 0 radical (unpaired) electrons. The first-order valence-electron chi connectivity index (χ1n) is 10.7. The van der Waals surface area contributed by atoms with Crippen molar-refractivity contribution in [2.75, 3.05) is 23.3 Å². The summed E-state index contributed by atoms with van der Waals surface area (Å²) < 4.78 is 38.8. The van der Waals surface area contributed by atoms with E-state index in [0.29, 0.717) is 46.8 Å². The number of fused-ring (bicyclic) bond motifs is 1. The minimum Gasteiger partial charge on any atom is -0.486 e. The zero-order valence-corrected chi connectivity index (χ0v) is 20.3. The number of hydrogen-bond donors (Lipinski definition) is 2. The number of nitrogens with zero attached hydrogens (tertiary/aromatic N) is 1. The van der Waals surface area contributed by atoms with Gasteiger partial charge in [-0.3, -0.25) is 14.8 Å². The second-order valence-corrected chi connectivity index (χ2v) is 10.4. The highest BCUT2D eigenvalue weighted by Gasteiger charge is 2.16. The van der Waals surface area contributed by atoms with Crippen LogP contribution in [-0.4, -0.2) is 32.5 Å². The van der Waals surface area contributed by atoms with Crippen LogP contribution < -0.4 is 19.5 Å². The smallest absolute Gasteiger partial charge is 0.261 e. The summed E-state index contributed by atoms with van der Waals surface area (Å²) in [5.74, 6) is 1.03. The Hall–Kier alpha value is -3.89. The van der Waals surface area contributed by atoms with Gasteiger partial charge in [0.2, 0.25) is 0 Å². The van der Waals surface area contributed by atoms with Gasteiger partial charge in [-0.25, -0.2) is 13.4 Å². The first-order valence-corrected chi connectivity index (χ1v) is 13.1. The molecule has 0 atom stereocenters. The van der Waals surface area contributed by atoms with Crippen LogP contribution in [0.15, 0.2) is 77.0 Å². The maximum absolute atomic E-state index is 12.7. The number of ether oxygens (including phenoxy) is 2. The Balaban J connectivity index is 1.24. The Kier molecular flexibility index (Phi) is 6.14. The highest BCUT2D eigenvalue weighted by atomic mass is 32.2. The summed E-state index contributed by atoms with van der Waals surface area (Å²) in [5.41, 5.74) is 3.27. The number of aryl methyl sites for hydroxylation is 1. The van der Waals surface area contributed by atoms with Gasteiger partial charge in [-0.15, -0.1) is 11.3 Å². The largest absolute Gasteiger partial charge is 0.486 e. The lowest BCUT2D eigenvalue weighted by molar-refractivity contribution is 0.102. The van der Waals surface area contributed by atoms with Crippen LogP contribution in [0.25, 0.3) is 11.3 Å². The second kappa shape index (κ2) is 9.40. The van der Waals surface area contributed by atoms with Crippen LogP contribution in [-0.2, 0) is 10.0 Å². The van der Waals surface area contributed by atoms with Gasteiger partial charge in [0, 0.05) is 22.2 Å². The van der Waals surface area contributed by atoms with Crippen LogP contribution in [0.3, 0.4) is 0 Å². The van der Waals surface area contributed by atoms with Gasteiger partial charge in [-0.1, -0.05) is 17.7 Å². The van der Waals surface area contributed by atoms with E-state index in [0.717, 1.165) is 11.1 Å². The molecule has 3 aromatic carbocycles. The van der Waals surface area contributed by atoms with Crippen molar-refractivity contribution in [3.05, 3.63) is 83.2 Å².